The van der Waals surface area contributed by atoms with E-state index >= 15 is 0 Å². The highest BCUT2D eigenvalue weighted by atomic mass is 35.5. The van der Waals surface area contributed by atoms with Gasteiger partial charge in [-0.3, -0.25) is 9.69 Å². The number of amides is 1. The normalized spacial score (nSPS) is 16.4. The van der Waals surface area contributed by atoms with Gasteiger partial charge in [-0.25, -0.2) is 0 Å². The lowest BCUT2D eigenvalue weighted by molar-refractivity contribution is -0.115. The third-order valence-corrected chi connectivity index (χ3v) is 6.16. The molecule has 1 fully saturated rings. The lowest BCUT2D eigenvalue weighted by Crippen LogP contribution is -2.28. The van der Waals surface area contributed by atoms with Gasteiger partial charge in [-0.05, 0) is 48.0 Å². The first-order chi connectivity index (χ1) is 13.6. The minimum Gasteiger partial charge on any atom is -0.489 e. The fraction of sp³-hybridized carbons (Fsp3) is 0.136. The number of para-hydroxylation sites is 1. The monoisotopic (exact) mass is 429 g/mol. The van der Waals surface area contributed by atoms with Gasteiger partial charge in [0.25, 0.3) is 0 Å². The zero-order valence-corrected chi connectivity index (χ0v) is 17.2. The highest BCUT2D eigenvalue weighted by molar-refractivity contribution is 8.00. The van der Waals surface area contributed by atoms with E-state index in [1.807, 2.05) is 65.6 Å². The first-order valence-electron chi connectivity index (χ1n) is 8.77. The van der Waals surface area contributed by atoms with Crippen molar-refractivity contribution in [3.05, 3.63) is 94.0 Å². The van der Waals surface area contributed by atoms with Crippen LogP contribution >= 0.6 is 35.0 Å². The van der Waals surface area contributed by atoms with E-state index in [2.05, 4.69) is 0 Å². The van der Waals surface area contributed by atoms with Crippen LogP contribution in [0.15, 0.2) is 72.8 Å². The number of rotatable bonds is 5. The number of hydrogen-bond acceptors (Lipinski definition) is 3. The Balaban J connectivity index is 1.60. The Morgan fingerprint density at radius 1 is 0.929 bits per heavy atom. The number of hydrogen-bond donors (Lipinski definition) is 0. The summed E-state index contributed by atoms with van der Waals surface area (Å²) in [6, 6.07) is 22.8. The largest absolute Gasteiger partial charge is 0.489 e. The van der Waals surface area contributed by atoms with Gasteiger partial charge in [-0.1, -0.05) is 53.5 Å². The number of carbonyl (C=O) groups is 1. The van der Waals surface area contributed by atoms with E-state index in [1.54, 1.807) is 23.9 Å². The van der Waals surface area contributed by atoms with Gasteiger partial charge in [-0.15, -0.1) is 11.8 Å². The van der Waals surface area contributed by atoms with Gasteiger partial charge in [0.05, 0.1) is 5.75 Å². The second kappa shape index (κ2) is 8.48. The number of halogens is 2. The van der Waals surface area contributed by atoms with Crippen molar-refractivity contribution in [2.75, 3.05) is 10.7 Å². The van der Waals surface area contributed by atoms with Crippen LogP contribution in [0.5, 0.6) is 5.75 Å². The number of thioether (sulfide) groups is 1. The Labute approximate surface area is 178 Å². The number of carbonyl (C=O) groups excluding carboxylic acids is 1. The van der Waals surface area contributed by atoms with Crippen LogP contribution in [0, 0.1) is 0 Å². The minimum atomic E-state index is -0.143. The van der Waals surface area contributed by atoms with E-state index < -0.39 is 0 Å². The molecule has 0 N–H and O–H groups in total. The number of benzene rings is 3. The lowest BCUT2D eigenvalue weighted by atomic mass is 10.1. The molecule has 142 valence electrons. The molecule has 28 heavy (non-hydrogen) atoms. The SMILES string of the molecule is O=C1CS[C@@H](c2ccccc2OCc2ccc(Cl)cc2)N1c1ccc(Cl)cc1. The Morgan fingerprint density at radius 2 is 1.57 bits per heavy atom. The average Bonchev–Trinajstić information content (AvgIpc) is 3.10. The van der Waals surface area contributed by atoms with Crippen molar-refractivity contribution in [2.45, 2.75) is 12.0 Å². The molecule has 6 heteroatoms. The molecule has 1 saturated heterocycles. The van der Waals surface area contributed by atoms with Crippen molar-refractivity contribution < 1.29 is 9.53 Å². The maximum Gasteiger partial charge on any atom is 0.238 e. The molecular formula is C22H17Cl2NO2S. The molecule has 1 aliphatic heterocycles. The third-order valence-electron chi connectivity index (χ3n) is 4.47. The summed E-state index contributed by atoms with van der Waals surface area (Å²) < 4.78 is 6.10. The Kier molecular flexibility index (Phi) is 5.81. The second-order valence-electron chi connectivity index (χ2n) is 6.36. The second-order valence-corrected chi connectivity index (χ2v) is 8.30. The van der Waals surface area contributed by atoms with Crippen LogP contribution in [-0.2, 0) is 11.4 Å². The van der Waals surface area contributed by atoms with Gasteiger partial charge in [0.15, 0.2) is 0 Å². The molecule has 0 unspecified atom stereocenters. The number of anilines is 1. The van der Waals surface area contributed by atoms with Crippen molar-refractivity contribution in [1.82, 2.24) is 0 Å². The van der Waals surface area contributed by atoms with Crippen molar-refractivity contribution in [3.8, 4) is 5.75 Å². The summed E-state index contributed by atoms with van der Waals surface area (Å²) in [6.07, 6.45) is 0. The van der Waals surface area contributed by atoms with Crippen molar-refractivity contribution in [2.24, 2.45) is 0 Å². The molecule has 0 spiro atoms. The van der Waals surface area contributed by atoms with E-state index in [9.17, 15) is 4.79 Å². The predicted molar refractivity (Wildman–Crippen MR) is 116 cm³/mol. The maximum absolute atomic E-state index is 12.6. The summed E-state index contributed by atoms with van der Waals surface area (Å²) in [5.41, 5.74) is 2.84. The summed E-state index contributed by atoms with van der Waals surface area (Å²) in [7, 11) is 0. The molecule has 1 heterocycles. The Hall–Kier alpha value is -2.14. The zero-order chi connectivity index (χ0) is 19.5. The van der Waals surface area contributed by atoms with E-state index in [4.69, 9.17) is 27.9 Å². The van der Waals surface area contributed by atoms with Gasteiger partial charge < -0.3 is 4.74 Å². The fourth-order valence-corrected chi connectivity index (χ4v) is 4.55. The van der Waals surface area contributed by atoms with Crippen molar-refractivity contribution >= 4 is 46.6 Å². The Morgan fingerprint density at radius 3 is 2.29 bits per heavy atom. The van der Waals surface area contributed by atoms with E-state index in [-0.39, 0.29) is 11.3 Å². The molecule has 4 rings (SSSR count). The summed E-state index contributed by atoms with van der Waals surface area (Å²) in [6.45, 7) is 0.431. The smallest absolute Gasteiger partial charge is 0.238 e. The lowest BCUT2D eigenvalue weighted by Gasteiger charge is -2.26. The molecule has 1 amide bonds. The van der Waals surface area contributed by atoms with Gasteiger partial charge >= 0.3 is 0 Å². The summed E-state index contributed by atoms with van der Waals surface area (Å²) in [4.78, 5) is 14.4. The zero-order valence-electron chi connectivity index (χ0n) is 14.8. The van der Waals surface area contributed by atoms with E-state index in [0.29, 0.717) is 22.4 Å². The molecule has 3 aromatic rings. The predicted octanol–water partition coefficient (Wildman–Crippen LogP) is 6.35. The molecule has 0 saturated carbocycles. The van der Waals surface area contributed by atoms with Crippen LogP contribution in [0.3, 0.4) is 0 Å². The van der Waals surface area contributed by atoms with Crippen molar-refractivity contribution in [1.29, 1.82) is 0 Å². The summed E-state index contributed by atoms with van der Waals surface area (Å²) in [5, 5.41) is 1.20. The average molecular weight is 430 g/mol. The van der Waals surface area contributed by atoms with E-state index in [1.165, 1.54) is 0 Å². The standard InChI is InChI=1S/C22H17Cl2NO2S/c23-16-7-5-15(6-8-16)13-27-20-4-2-1-3-19(20)22-25(21(26)14-28-22)18-11-9-17(24)10-12-18/h1-12,22H,13-14H2/t22-/m0/s1. The van der Waals surface area contributed by atoms with Crippen LogP contribution in [0.2, 0.25) is 10.0 Å². The van der Waals surface area contributed by atoms with Gasteiger partial charge in [0.1, 0.15) is 17.7 Å². The highest BCUT2D eigenvalue weighted by Crippen LogP contribution is 2.45. The fourth-order valence-electron chi connectivity index (χ4n) is 3.09. The molecule has 0 radical (unpaired) electrons. The summed E-state index contributed by atoms with van der Waals surface area (Å²) >= 11 is 13.5. The maximum atomic E-state index is 12.6. The van der Waals surface area contributed by atoms with Crippen LogP contribution < -0.4 is 9.64 Å². The first-order valence-corrected chi connectivity index (χ1v) is 10.6. The molecule has 0 bridgehead atoms. The number of ether oxygens (including phenoxy) is 1. The molecule has 0 aliphatic carbocycles. The molecule has 0 aromatic heterocycles. The molecule has 3 nitrogen and oxygen atoms in total. The van der Waals surface area contributed by atoms with Crippen LogP contribution in [-0.4, -0.2) is 11.7 Å². The third kappa shape index (κ3) is 4.14. The molecule has 3 aromatic carbocycles. The molecule has 1 atom stereocenters. The molecular weight excluding hydrogens is 413 g/mol. The Bertz CT molecular complexity index is 977. The topological polar surface area (TPSA) is 29.5 Å². The van der Waals surface area contributed by atoms with Gasteiger partial charge in [0, 0.05) is 21.3 Å². The number of nitrogens with zero attached hydrogens (tertiary/aromatic N) is 1. The van der Waals surface area contributed by atoms with Crippen LogP contribution in [0.25, 0.3) is 0 Å². The highest BCUT2D eigenvalue weighted by Gasteiger charge is 2.35. The van der Waals surface area contributed by atoms with E-state index in [0.717, 1.165) is 22.6 Å². The van der Waals surface area contributed by atoms with Crippen LogP contribution in [0.4, 0.5) is 5.69 Å². The quantitative estimate of drug-likeness (QED) is 0.472. The summed E-state index contributed by atoms with van der Waals surface area (Å²) in [5.74, 6) is 1.27. The first kappa shape index (κ1) is 19.2. The van der Waals surface area contributed by atoms with Crippen LogP contribution in [0.1, 0.15) is 16.5 Å². The molecule has 1 aliphatic rings. The van der Waals surface area contributed by atoms with Gasteiger partial charge in [0.2, 0.25) is 5.91 Å². The minimum absolute atomic E-state index is 0.0739. The van der Waals surface area contributed by atoms with Gasteiger partial charge in [-0.2, -0.15) is 0 Å². The van der Waals surface area contributed by atoms with Crippen molar-refractivity contribution in [3.63, 3.8) is 0 Å².